The van der Waals surface area contributed by atoms with E-state index in [2.05, 4.69) is 5.32 Å². The Hall–Kier alpha value is -2.77. The van der Waals surface area contributed by atoms with Gasteiger partial charge in [0.1, 0.15) is 11.3 Å². The van der Waals surface area contributed by atoms with Crippen LogP contribution in [0.5, 0.6) is 0 Å². The molecule has 0 aliphatic heterocycles. The Bertz CT molecular complexity index is 794. The Balaban J connectivity index is 2.01. The number of aromatic carboxylic acids is 1. The van der Waals surface area contributed by atoms with Crippen molar-refractivity contribution < 1.29 is 32.3 Å². The Labute approximate surface area is 147 Å². The molecule has 1 heterocycles. The number of benzene rings is 1. The molecule has 5 nitrogen and oxygen atoms in total. The van der Waals surface area contributed by atoms with Gasteiger partial charge in [0.05, 0.1) is 5.56 Å². The van der Waals surface area contributed by atoms with Crippen LogP contribution < -0.4 is 5.32 Å². The summed E-state index contributed by atoms with van der Waals surface area (Å²) in [6, 6.07) is 5.88. The molecule has 1 unspecified atom stereocenters. The summed E-state index contributed by atoms with van der Waals surface area (Å²) in [4.78, 5) is 23.2. The molecule has 0 saturated heterocycles. The maximum atomic E-state index is 12.6. The summed E-state index contributed by atoms with van der Waals surface area (Å²) in [6.07, 6.45) is -4.06. The number of hydrogen-bond acceptors (Lipinski definition) is 3. The van der Waals surface area contributed by atoms with E-state index in [4.69, 9.17) is 9.52 Å². The van der Waals surface area contributed by atoms with Crippen molar-refractivity contribution in [3.63, 3.8) is 0 Å². The summed E-state index contributed by atoms with van der Waals surface area (Å²) in [5, 5.41) is 11.7. The number of alkyl halides is 3. The molecule has 0 radical (unpaired) electrons. The number of amides is 1. The SMILES string of the molecule is CCc1oc(C(=O)NCC(C)c2ccc(C(F)(F)F)cc2)cc1C(=O)O. The fraction of sp³-hybridized carbons (Fsp3) is 0.333. The second kappa shape index (κ2) is 7.63. The lowest BCUT2D eigenvalue weighted by molar-refractivity contribution is -0.137. The van der Waals surface area contributed by atoms with Gasteiger partial charge in [-0.2, -0.15) is 13.2 Å². The second-order valence-electron chi connectivity index (χ2n) is 5.84. The number of halogens is 3. The topological polar surface area (TPSA) is 79.5 Å². The maximum absolute atomic E-state index is 12.6. The van der Waals surface area contributed by atoms with Gasteiger partial charge < -0.3 is 14.8 Å². The lowest BCUT2D eigenvalue weighted by atomic mass is 9.99. The van der Waals surface area contributed by atoms with E-state index in [1.807, 2.05) is 0 Å². The molecule has 2 rings (SSSR count). The third kappa shape index (κ3) is 4.44. The molecule has 2 N–H and O–H groups in total. The number of aryl methyl sites for hydroxylation is 1. The van der Waals surface area contributed by atoms with Gasteiger partial charge in [0.25, 0.3) is 5.91 Å². The van der Waals surface area contributed by atoms with Crippen LogP contribution in [0, 0.1) is 0 Å². The van der Waals surface area contributed by atoms with Gasteiger partial charge in [-0.3, -0.25) is 4.79 Å². The monoisotopic (exact) mass is 369 g/mol. The molecular formula is C18H18F3NO4. The molecule has 140 valence electrons. The van der Waals surface area contributed by atoms with Crippen LogP contribution in [-0.4, -0.2) is 23.5 Å². The summed E-state index contributed by atoms with van der Waals surface area (Å²) < 4.78 is 43.0. The largest absolute Gasteiger partial charge is 0.478 e. The van der Waals surface area contributed by atoms with E-state index in [9.17, 15) is 22.8 Å². The zero-order valence-corrected chi connectivity index (χ0v) is 14.2. The normalized spacial score (nSPS) is 12.7. The summed E-state index contributed by atoms with van der Waals surface area (Å²) in [5.74, 6) is -1.90. The van der Waals surface area contributed by atoms with Gasteiger partial charge in [0, 0.05) is 19.0 Å². The smallest absolute Gasteiger partial charge is 0.416 e. The van der Waals surface area contributed by atoms with Gasteiger partial charge in [-0.25, -0.2) is 4.79 Å². The van der Waals surface area contributed by atoms with Crippen LogP contribution in [0.25, 0.3) is 0 Å². The first-order chi connectivity index (χ1) is 12.1. The third-order valence-corrected chi connectivity index (χ3v) is 3.96. The first-order valence-corrected chi connectivity index (χ1v) is 7.94. The summed E-state index contributed by atoms with van der Waals surface area (Å²) in [6.45, 7) is 3.62. The molecule has 1 aromatic carbocycles. The number of carboxylic acids is 1. The van der Waals surface area contributed by atoms with Crippen molar-refractivity contribution in [1.82, 2.24) is 5.32 Å². The van der Waals surface area contributed by atoms with Crippen LogP contribution in [0.15, 0.2) is 34.7 Å². The number of nitrogens with one attached hydrogen (secondary N) is 1. The molecule has 8 heteroatoms. The number of carbonyl (C=O) groups is 2. The van der Waals surface area contributed by atoms with Gasteiger partial charge in [0.15, 0.2) is 5.76 Å². The molecule has 0 spiro atoms. The summed E-state index contributed by atoms with van der Waals surface area (Å²) >= 11 is 0. The van der Waals surface area contributed by atoms with Crippen LogP contribution in [-0.2, 0) is 12.6 Å². The maximum Gasteiger partial charge on any atom is 0.416 e. The van der Waals surface area contributed by atoms with E-state index in [0.29, 0.717) is 12.0 Å². The van der Waals surface area contributed by atoms with Crippen LogP contribution in [0.1, 0.15) is 57.6 Å². The van der Waals surface area contributed by atoms with Gasteiger partial charge >= 0.3 is 12.1 Å². The van der Waals surface area contributed by atoms with Gasteiger partial charge in [0.2, 0.25) is 0 Å². The quantitative estimate of drug-likeness (QED) is 0.804. The van der Waals surface area contributed by atoms with E-state index in [-0.39, 0.29) is 29.5 Å². The molecule has 1 amide bonds. The zero-order valence-electron chi connectivity index (χ0n) is 14.2. The predicted molar refractivity (Wildman–Crippen MR) is 87.2 cm³/mol. The number of carbonyl (C=O) groups excluding carboxylic acids is 1. The highest BCUT2D eigenvalue weighted by Gasteiger charge is 2.30. The molecule has 0 aliphatic rings. The molecule has 0 fully saturated rings. The molecule has 26 heavy (non-hydrogen) atoms. The average molecular weight is 369 g/mol. The lowest BCUT2D eigenvalue weighted by Crippen LogP contribution is -2.27. The van der Waals surface area contributed by atoms with Crippen LogP contribution in [0.2, 0.25) is 0 Å². The van der Waals surface area contributed by atoms with Crippen LogP contribution in [0.4, 0.5) is 13.2 Å². The minimum absolute atomic E-state index is 0.0616. The van der Waals surface area contributed by atoms with Crippen molar-refractivity contribution in [2.24, 2.45) is 0 Å². The Morgan fingerprint density at radius 1 is 1.23 bits per heavy atom. The molecule has 0 saturated carbocycles. The van der Waals surface area contributed by atoms with Crippen molar-refractivity contribution in [3.05, 3.63) is 58.5 Å². The van der Waals surface area contributed by atoms with E-state index in [0.717, 1.165) is 12.1 Å². The van der Waals surface area contributed by atoms with Gasteiger partial charge in [-0.1, -0.05) is 26.0 Å². The Morgan fingerprint density at radius 2 is 1.85 bits per heavy atom. The van der Waals surface area contributed by atoms with E-state index in [1.165, 1.54) is 18.2 Å². The minimum Gasteiger partial charge on any atom is -0.478 e. The number of carboxylic acid groups (broad SMARTS) is 1. The van der Waals surface area contributed by atoms with Crippen molar-refractivity contribution in [3.8, 4) is 0 Å². The van der Waals surface area contributed by atoms with Crippen molar-refractivity contribution in [1.29, 1.82) is 0 Å². The second-order valence-corrected chi connectivity index (χ2v) is 5.84. The first kappa shape index (κ1) is 19.6. The highest BCUT2D eigenvalue weighted by molar-refractivity contribution is 5.96. The minimum atomic E-state index is -4.39. The molecular weight excluding hydrogens is 351 g/mol. The molecule has 0 bridgehead atoms. The Morgan fingerprint density at radius 3 is 2.31 bits per heavy atom. The van der Waals surface area contributed by atoms with Crippen LogP contribution in [0.3, 0.4) is 0 Å². The third-order valence-electron chi connectivity index (χ3n) is 3.96. The molecule has 2 aromatic rings. The molecule has 0 aliphatic carbocycles. The van der Waals surface area contributed by atoms with Gasteiger partial charge in [-0.15, -0.1) is 0 Å². The predicted octanol–water partition coefficient (Wildman–Crippen LogP) is 4.09. The summed E-state index contributed by atoms with van der Waals surface area (Å²) in [7, 11) is 0. The number of rotatable bonds is 6. The fourth-order valence-electron chi connectivity index (χ4n) is 2.44. The fourth-order valence-corrected chi connectivity index (χ4v) is 2.44. The van der Waals surface area contributed by atoms with Gasteiger partial charge in [-0.05, 0) is 23.6 Å². The lowest BCUT2D eigenvalue weighted by Gasteiger charge is -2.14. The summed E-state index contributed by atoms with van der Waals surface area (Å²) in [5.41, 5.74) is -0.159. The number of hydrogen-bond donors (Lipinski definition) is 2. The average Bonchev–Trinajstić information content (AvgIpc) is 3.03. The van der Waals surface area contributed by atoms with Crippen molar-refractivity contribution >= 4 is 11.9 Å². The highest BCUT2D eigenvalue weighted by atomic mass is 19.4. The number of furan rings is 1. The zero-order chi connectivity index (χ0) is 19.5. The highest BCUT2D eigenvalue weighted by Crippen LogP contribution is 2.30. The van der Waals surface area contributed by atoms with Crippen LogP contribution >= 0.6 is 0 Å². The van der Waals surface area contributed by atoms with E-state index < -0.39 is 23.6 Å². The first-order valence-electron chi connectivity index (χ1n) is 7.94. The standard InChI is InChI=1S/C18H18F3NO4/c1-3-14-13(17(24)25)8-15(26-14)16(23)22-9-10(2)11-4-6-12(7-5-11)18(19,20)21/h4-8,10H,3,9H2,1-2H3,(H,22,23)(H,24,25). The molecule has 1 aromatic heterocycles. The molecule has 1 atom stereocenters. The Kier molecular flexibility index (Phi) is 5.74. The van der Waals surface area contributed by atoms with Crippen molar-refractivity contribution in [2.45, 2.75) is 32.4 Å². The van der Waals surface area contributed by atoms with Crippen molar-refractivity contribution in [2.75, 3.05) is 6.54 Å². The van der Waals surface area contributed by atoms with E-state index >= 15 is 0 Å². The van der Waals surface area contributed by atoms with E-state index in [1.54, 1.807) is 13.8 Å².